The van der Waals surface area contributed by atoms with E-state index in [1.54, 1.807) is 23.1 Å². The quantitative estimate of drug-likeness (QED) is 0.739. The molecule has 4 saturated carbocycles. The minimum absolute atomic E-state index is 0.116. The zero-order valence-corrected chi connectivity index (χ0v) is 16.5. The van der Waals surface area contributed by atoms with Crippen LogP contribution in [0.4, 0.5) is 0 Å². The highest BCUT2D eigenvalue weighted by molar-refractivity contribution is 8.01. The molecule has 136 valence electrons. The Balaban J connectivity index is 1.19. The topological polar surface area (TPSA) is 42.0 Å². The molecule has 6 rings (SSSR count). The summed E-state index contributed by atoms with van der Waals surface area (Å²) in [6, 6.07) is 10.2. The van der Waals surface area contributed by atoms with Gasteiger partial charge in [0.05, 0.1) is 11.4 Å². The van der Waals surface area contributed by atoms with Crippen molar-refractivity contribution in [2.24, 2.45) is 17.8 Å². The molecule has 4 aliphatic carbocycles. The van der Waals surface area contributed by atoms with Crippen LogP contribution in [0.25, 0.3) is 11.3 Å². The molecule has 4 aliphatic rings. The molecule has 1 aromatic heterocycles. The van der Waals surface area contributed by atoms with E-state index < -0.39 is 0 Å². The number of benzene rings is 1. The van der Waals surface area contributed by atoms with Gasteiger partial charge >= 0.3 is 0 Å². The molecule has 26 heavy (non-hydrogen) atoms. The van der Waals surface area contributed by atoms with E-state index in [-0.39, 0.29) is 11.4 Å². The maximum atomic E-state index is 12.6. The van der Waals surface area contributed by atoms with Gasteiger partial charge in [0.1, 0.15) is 0 Å². The monoisotopic (exact) mass is 384 g/mol. The molecule has 5 heteroatoms. The van der Waals surface area contributed by atoms with Gasteiger partial charge in [0.25, 0.3) is 0 Å². The van der Waals surface area contributed by atoms with Crippen molar-refractivity contribution < 1.29 is 4.79 Å². The number of hydrogen-bond acceptors (Lipinski definition) is 4. The third kappa shape index (κ3) is 3.31. The first-order valence-corrected chi connectivity index (χ1v) is 11.5. The van der Waals surface area contributed by atoms with E-state index in [1.165, 1.54) is 38.5 Å². The molecule has 0 aliphatic heterocycles. The summed E-state index contributed by atoms with van der Waals surface area (Å²) >= 11 is 3.20. The lowest BCUT2D eigenvalue weighted by molar-refractivity contribution is -0.124. The highest BCUT2D eigenvalue weighted by Gasteiger charge is 2.51. The molecular weight excluding hydrogens is 360 g/mol. The van der Waals surface area contributed by atoms with Gasteiger partial charge in [-0.3, -0.25) is 4.79 Å². The number of carbonyl (C=O) groups is 1. The third-order valence-electron chi connectivity index (χ3n) is 6.32. The zero-order valence-electron chi connectivity index (χ0n) is 14.8. The average Bonchev–Trinajstić information content (AvgIpc) is 3.08. The van der Waals surface area contributed by atoms with Crippen molar-refractivity contribution in [3.05, 3.63) is 35.7 Å². The van der Waals surface area contributed by atoms with Gasteiger partial charge in [-0.2, -0.15) is 0 Å². The van der Waals surface area contributed by atoms with Gasteiger partial charge in [-0.1, -0.05) is 42.1 Å². The molecule has 1 aromatic carbocycles. The molecule has 0 unspecified atom stereocenters. The summed E-state index contributed by atoms with van der Waals surface area (Å²) in [4.78, 5) is 17.3. The van der Waals surface area contributed by atoms with Gasteiger partial charge in [0.15, 0.2) is 4.34 Å². The molecule has 1 amide bonds. The number of aromatic nitrogens is 1. The van der Waals surface area contributed by atoms with Gasteiger partial charge in [-0.15, -0.1) is 11.3 Å². The Bertz CT molecular complexity index is 766. The molecule has 4 fully saturated rings. The molecule has 0 spiro atoms. The van der Waals surface area contributed by atoms with E-state index in [2.05, 4.69) is 27.8 Å². The van der Waals surface area contributed by atoms with Crippen molar-refractivity contribution in [2.75, 3.05) is 5.75 Å². The number of hydrogen-bond donors (Lipinski definition) is 1. The zero-order chi connectivity index (χ0) is 17.6. The van der Waals surface area contributed by atoms with Crippen molar-refractivity contribution in [1.29, 1.82) is 0 Å². The maximum Gasteiger partial charge on any atom is 0.230 e. The molecule has 0 radical (unpaired) electrons. The average molecular weight is 385 g/mol. The van der Waals surface area contributed by atoms with Crippen molar-refractivity contribution in [2.45, 2.75) is 48.4 Å². The Labute approximate surface area is 163 Å². The van der Waals surface area contributed by atoms with Gasteiger partial charge in [-0.05, 0) is 56.3 Å². The second-order valence-corrected chi connectivity index (χ2v) is 10.5. The minimum atomic E-state index is 0.116. The smallest absolute Gasteiger partial charge is 0.230 e. The lowest BCUT2D eigenvalue weighted by Crippen LogP contribution is -2.60. The standard InChI is InChI=1S/C21H24N2OS2/c24-19(23-21-9-14-6-15(10-21)8-16(7-14)11-21)13-26-20-22-18(12-25-20)17-4-2-1-3-5-17/h1-5,12,14-16H,6-11,13H2,(H,23,24). The highest BCUT2D eigenvalue weighted by Crippen LogP contribution is 2.55. The van der Waals surface area contributed by atoms with Gasteiger partial charge in [-0.25, -0.2) is 4.98 Å². The van der Waals surface area contributed by atoms with Crippen LogP contribution in [0.1, 0.15) is 38.5 Å². The van der Waals surface area contributed by atoms with Crippen LogP contribution in [0, 0.1) is 17.8 Å². The van der Waals surface area contributed by atoms with E-state index in [4.69, 9.17) is 0 Å². The van der Waals surface area contributed by atoms with Crippen LogP contribution in [0.2, 0.25) is 0 Å². The number of carbonyl (C=O) groups excluding carboxylic acids is 1. The Morgan fingerprint density at radius 3 is 2.42 bits per heavy atom. The number of nitrogens with one attached hydrogen (secondary N) is 1. The molecular formula is C21H24N2OS2. The fraction of sp³-hybridized carbons (Fsp3) is 0.524. The van der Waals surface area contributed by atoms with E-state index in [0.717, 1.165) is 33.4 Å². The van der Waals surface area contributed by atoms with E-state index in [9.17, 15) is 4.79 Å². The Morgan fingerprint density at radius 1 is 1.12 bits per heavy atom. The predicted octanol–water partition coefficient (Wildman–Crippen LogP) is 4.99. The number of thioether (sulfide) groups is 1. The molecule has 0 atom stereocenters. The summed E-state index contributed by atoms with van der Waals surface area (Å²) in [5, 5.41) is 5.53. The van der Waals surface area contributed by atoms with Gasteiger partial charge < -0.3 is 5.32 Å². The molecule has 1 heterocycles. The van der Waals surface area contributed by atoms with Crippen molar-refractivity contribution in [1.82, 2.24) is 10.3 Å². The first-order chi connectivity index (χ1) is 12.7. The van der Waals surface area contributed by atoms with Crippen LogP contribution in [-0.4, -0.2) is 22.2 Å². The predicted molar refractivity (Wildman–Crippen MR) is 107 cm³/mol. The number of nitrogens with zero attached hydrogens (tertiary/aromatic N) is 1. The Hall–Kier alpha value is -1.33. The lowest BCUT2D eigenvalue weighted by atomic mass is 9.53. The number of amides is 1. The summed E-state index contributed by atoms with van der Waals surface area (Å²) in [7, 11) is 0. The second-order valence-electron chi connectivity index (χ2n) is 8.40. The Morgan fingerprint density at radius 2 is 1.77 bits per heavy atom. The SMILES string of the molecule is O=C(CSc1nc(-c2ccccc2)cs1)NC12CC3CC(CC(C3)C1)C2. The summed E-state index contributed by atoms with van der Waals surface area (Å²) in [6.07, 6.45) is 7.86. The maximum absolute atomic E-state index is 12.6. The van der Waals surface area contributed by atoms with Gasteiger partial charge in [0, 0.05) is 16.5 Å². The van der Waals surface area contributed by atoms with Crippen LogP contribution >= 0.6 is 23.1 Å². The molecule has 1 N–H and O–H groups in total. The van der Waals surface area contributed by atoms with Crippen molar-refractivity contribution >= 4 is 29.0 Å². The first kappa shape index (κ1) is 16.8. The van der Waals surface area contributed by atoms with Crippen LogP contribution in [0.15, 0.2) is 40.1 Å². The van der Waals surface area contributed by atoms with E-state index in [0.29, 0.717) is 5.75 Å². The summed E-state index contributed by atoms with van der Waals surface area (Å²) in [5.74, 6) is 3.25. The molecule has 0 saturated heterocycles. The largest absolute Gasteiger partial charge is 0.350 e. The summed E-state index contributed by atoms with van der Waals surface area (Å²) in [5.41, 5.74) is 2.25. The van der Waals surface area contributed by atoms with Crippen LogP contribution in [0.3, 0.4) is 0 Å². The second kappa shape index (κ2) is 6.68. The highest BCUT2D eigenvalue weighted by atomic mass is 32.2. The normalized spacial score (nSPS) is 31.9. The fourth-order valence-electron chi connectivity index (χ4n) is 5.79. The summed E-state index contributed by atoms with van der Waals surface area (Å²) in [6.45, 7) is 0. The fourth-order valence-corrected chi connectivity index (χ4v) is 7.42. The lowest BCUT2D eigenvalue weighted by Gasteiger charge is -2.56. The first-order valence-electron chi connectivity index (χ1n) is 9.62. The Kier molecular flexibility index (Phi) is 4.32. The van der Waals surface area contributed by atoms with Crippen molar-refractivity contribution in [3.63, 3.8) is 0 Å². The third-order valence-corrected chi connectivity index (χ3v) is 8.34. The van der Waals surface area contributed by atoms with E-state index in [1.807, 2.05) is 18.2 Å². The molecule has 4 bridgehead atoms. The molecule has 2 aromatic rings. The van der Waals surface area contributed by atoms with Crippen LogP contribution < -0.4 is 5.32 Å². The van der Waals surface area contributed by atoms with Crippen LogP contribution in [0.5, 0.6) is 0 Å². The number of rotatable bonds is 5. The van der Waals surface area contributed by atoms with E-state index >= 15 is 0 Å². The van der Waals surface area contributed by atoms with Crippen LogP contribution in [-0.2, 0) is 4.79 Å². The molecule has 3 nitrogen and oxygen atoms in total. The van der Waals surface area contributed by atoms with Crippen molar-refractivity contribution in [3.8, 4) is 11.3 Å². The number of thiazole rings is 1. The minimum Gasteiger partial charge on any atom is -0.350 e. The van der Waals surface area contributed by atoms with Gasteiger partial charge in [0.2, 0.25) is 5.91 Å². The summed E-state index contributed by atoms with van der Waals surface area (Å²) < 4.78 is 0.976.